The van der Waals surface area contributed by atoms with Gasteiger partial charge in [-0.15, -0.1) is 5.10 Å². The second-order valence-corrected chi connectivity index (χ2v) is 11.7. The van der Waals surface area contributed by atoms with E-state index in [-0.39, 0.29) is 11.8 Å². The topological polar surface area (TPSA) is 75.4 Å². The van der Waals surface area contributed by atoms with Gasteiger partial charge in [0.2, 0.25) is 5.91 Å². The molecule has 0 unspecified atom stereocenters. The Balaban J connectivity index is 1.18. The van der Waals surface area contributed by atoms with E-state index in [9.17, 15) is 18.0 Å². The molecule has 0 spiro atoms. The molecule has 1 N–H and O–H groups in total. The first-order chi connectivity index (χ1) is 20.5. The van der Waals surface area contributed by atoms with Gasteiger partial charge in [0.1, 0.15) is 6.33 Å². The average molecular weight is 623 g/mol. The van der Waals surface area contributed by atoms with Crippen LogP contribution < -0.4 is 10.2 Å². The molecule has 2 heterocycles. The molecule has 1 amide bonds. The fourth-order valence-electron chi connectivity index (χ4n) is 4.61. The van der Waals surface area contributed by atoms with Crippen LogP contribution in [0, 0.1) is 6.92 Å². The van der Waals surface area contributed by atoms with Gasteiger partial charge < -0.3 is 5.32 Å². The summed E-state index contributed by atoms with van der Waals surface area (Å²) in [6, 6.07) is 18.5. The minimum atomic E-state index is -4.39. The highest BCUT2D eigenvalue weighted by Crippen LogP contribution is 2.34. The third-order valence-electron chi connectivity index (χ3n) is 6.86. The Labute approximate surface area is 257 Å². The maximum Gasteiger partial charge on any atom is 0.416 e. The predicted molar refractivity (Wildman–Crippen MR) is 169 cm³/mol. The second kappa shape index (κ2) is 12.7. The molecule has 1 fully saturated rings. The summed E-state index contributed by atoms with van der Waals surface area (Å²) >= 11 is 6.86. The van der Waals surface area contributed by atoms with Crippen LogP contribution in [0.4, 0.5) is 18.9 Å². The van der Waals surface area contributed by atoms with Crippen molar-refractivity contribution in [3.63, 3.8) is 0 Å². The number of alkyl halides is 3. The normalized spacial score (nSPS) is 14.6. The molecule has 1 aromatic heterocycles. The highest BCUT2D eigenvalue weighted by molar-refractivity contribution is 8.15. The first-order valence-electron chi connectivity index (χ1n) is 13.6. The number of aliphatic imine (C=N–C) groups is 1. The molecule has 0 aliphatic carbocycles. The van der Waals surface area contributed by atoms with Gasteiger partial charge in [0.15, 0.2) is 16.1 Å². The van der Waals surface area contributed by atoms with Gasteiger partial charge in [-0.05, 0) is 72.9 Å². The molecule has 5 rings (SSSR count). The summed E-state index contributed by atoms with van der Waals surface area (Å²) in [4.78, 5) is 23.3. The number of nitrogens with one attached hydrogen (secondary N) is 1. The number of anilines is 1. The van der Waals surface area contributed by atoms with Crippen LogP contribution in [-0.4, -0.2) is 43.2 Å². The Hall–Kier alpha value is -4.03. The van der Waals surface area contributed by atoms with Crippen molar-refractivity contribution in [1.82, 2.24) is 20.1 Å². The number of halogens is 3. The molecule has 0 atom stereocenters. The van der Waals surface area contributed by atoms with E-state index in [1.807, 2.05) is 43.3 Å². The number of hydrogen-bond donors (Lipinski definition) is 1. The van der Waals surface area contributed by atoms with E-state index in [4.69, 9.17) is 12.2 Å². The summed E-state index contributed by atoms with van der Waals surface area (Å²) < 4.78 is 40.0. The molecule has 1 aliphatic heterocycles. The van der Waals surface area contributed by atoms with E-state index >= 15 is 0 Å². The Morgan fingerprint density at radius 1 is 1.09 bits per heavy atom. The standard InChI is InChI=1S/C31H29F3N6OS2/c1-19(2)25-16-20(3)4-13-26(25)40-27(41)17-43-30(40)37-29(42)35-15-14-21-5-7-22(8-6-21)28-36-18-39(38-28)24-11-9-23(10-12-24)31(32,33)34/h4-13,16,18-19H,14-15,17H2,1-3H3,(H,35,42)/b37-30-. The summed E-state index contributed by atoms with van der Waals surface area (Å²) in [5, 5.41) is 8.46. The quantitative estimate of drug-likeness (QED) is 0.225. The smallest absolute Gasteiger partial charge is 0.360 e. The van der Waals surface area contributed by atoms with Crippen LogP contribution in [0.3, 0.4) is 0 Å². The highest BCUT2D eigenvalue weighted by Gasteiger charge is 2.32. The lowest BCUT2D eigenvalue weighted by Crippen LogP contribution is -2.32. The third-order valence-corrected chi connectivity index (χ3v) is 8.02. The van der Waals surface area contributed by atoms with Gasteiger partial charge in [-0.1, -0.05) is 67.6 Å². The first-order valence-corrected chi connectivity index (χ1v) is 15.0. The second-order valence-electron chi connectivity index (χ2n) is 10.4. The van der Waals surface area contributed by atoms with Gasteiger partial charge in [0, 0.05) is 12.1 Å². The van der Waals surface area contributed by atoms with Crippen molar-refractivity contribution in [3.05, 3.63) is 95.3 Å². The van der Waals surface area contributed by atoms with Crippen LogP contribution in [0.25, 0.3) is 17.1 Å². The zero-order valence-electron chi connectivity index (χ0n) is 23.7. The number of aryl methyl sites for hydroxylation is 1. The molecule has 7 nitrogen and oxygen atoms in total. The first kappa shape index (κ1) is 30.4. The van der Waals surface area contributed by atoms with Gasteiger partial charge >= 0.3 is 6.18 Å². The third kappa shape index (κ3) is 7.14. The number of carbonyl (C=O) groups is 1. The number of amidine groups is 1. The number of nitrogens with zero attached hydrogens (tertiary/aromatic N) is 5. The van der Waals surface area contributed by atoms with E-state index in [1.54, 1.807) is 4.90 Å². The molecule has 0 radical (unpaired) electrons. The summed E-state index contributed by atoms with van der Waals surface area (Å²) in [5.41, 5.74) is 4.68. The SMILES string of the molecule is Cc1ccc(N2C(=O)CS/C2=N\C(=S)NCCc2ccc(-c3ncn(-c4ccc(C(F)(F)F)cc4)n3)cc2)c(C(C)C)c1. The van der Waals surface area contributed by atoms with E-state index < -0.39 is 11.7 Å². The summed E-state index contributed by atoms with van der Waals surface area (Å²) in [7, 11) is 0. The Morgan fingerprint density at radius 2 is 1.81 bits per heavy atom. The van der Waals surface area contributed by atoms with Crippen molar-refractivity contribution in [2.75, 3.05) is 17.2 Å². The van der Waals surface area contributed by atoms with Gasteiger partial charge in [0.05, 0.1) is 22.7 Å². The largest absolute Gasteiger partial charge is 0.416 e. The molecule has 1 aliphatic rings. The Morgan fingerprint density at radius 3 is 2.49 bits per heavy atom. The van der Waals surface area contributed by atoms with Crippen LogP contribution >= 0.6 is 24.0 Å². The molecule has 0 saturated carbocycles. The minimum Gasteiger partial charge on any atom is -0.360 e. The fourth-order valence-corrected chi connectivity index (χ4v) is 5.72. The van der Waals surface area contributed by atoms with Crippen molar-refractivity contribution in [1.29, 1.82) is 0 Å². The number of aromatic nitrogens is 3. The highest BCUT2D eigenvalue weighted by atomic mass is 32.2. The number of hydrogen-bond acceptors (Lipinski definition) is 5. The number of thioether (sulfide) groups is 1. The van der Waals surface area contributed by atoms with Crippen molar-refractivity contribution < 1.29 is 18.0 Å². The summed E-state index contributed by atoms with van der Waals surface area (Å²) in [6.45, 7) is 6.80. The van der Waals surface area contributed by atoms with Crippen molar-refractivity contribution in [2.24, 2.45) is 4.99 Å². The summed E-state index contributed by atoms with van der Waals surface area (Å²) in [6.07, 6.45) is -2.24. The number of carbonyl (C=O) groups excluding carboxylic acids is 1. The Kier molecular flexibility index (Phi) is 8.97. The molecule has 12 heteroatoms. The zero-order chi connectivity index (χ0) is 30.7. The van der Waals surface area contributed by atoms with E-state index in [2.05, 4.69) is 40.3 Å². The fraction of sp³-hybridized carbons (Fsp3) is 0.258. The molecular formula is C31H29F3N6OS2. The molecule has 43 heavy (non-hydrogen) atoms. The van der Waals surface area contributed by atoms with Gasteiger partial charge in [-0.2, -0.15) is 18.2 Å². The van der Waals surface area contributed by atoms with Crippen LogP contribution in [0.15, 0.2) is 78.0 Å². The van der Waals surface area contributed by atoms with Crippen LogP contribution in [0.5, 0.6) is 0 Å². The minimum absolute atomic E-state index is 0.0175. The maximum absolute atomic E-state index is 12.8. The molecule has 4 aromatic rings. The molecule has 1 saturated heterocycles. The number of benzene rings is 3. The van der Waals surface area contributed by atoms with E-state index in [0.29, 0.717) is 40.5 Å². The lowest BCUT2D eigenvalue weighted by Gasteiger charge is -2.22. The van der Waals surface area contributed by atoms with Crippen molar-refractivity contribution in [3.8, 4) is 17.1 Å². The monoisotopic (exact) mass is 622 g/mol. The molecule has 0 bridgehead atoms. The van der Waals surface area contributed by atoms with Gasteiger partial charge in [-0.3, -0.25) is 9.69 Å². The summed E-state index contributed by atoms with van der Waals surface area (Å²) in [5.74, 6) is 1.01. The number of rotatable bonds is 7. The van der Waals surface area contributed by atoms with Crippen LogP contribution in [0.2, 0.25) is 0 Å². The van der Waals surface area contributed by atoms with E-state index in [0.717, 1.165) is 40.1 Å². The zero-order valence-corrected chi connectivity index (χ0v) is 25.4. The van der Waals surface area contributed by atoms with Crippen molar-refractivity contribution in [2.45, 2.75) is 39.3 Å². The van der Waals surface area contributed by atoms with Crippen LogP contribution in [-0.2, 0) is 17.4 Å². The van der Waals surface area contributed by atoms with Gasteiger partial charge in [-0.25, -0.2) is 9.67 Å². The van der Waals surface area contributed by atoms with Crippen molar-refractivity contribution >= 4 is 45.9 Å². The molecule has 3 aromatic carbocycles. The Bertz CT molecular complexity index is 1660. The average Bonchev–Trinajstić information content (AvgIpc) is 3.60. The molecular weight excluding hydrogens is 594 g/mol. The maximum atomic E-state index is 12.8. The predicted octanol–water partition coefficient (Wildman–Crippen LogP) is 6.94. The molecule has 222 valence electrons. The van der Waals surface area contributed by atoms with Crippen LogP contribution in [0.1, 0.15) is 42.0 Å². The number of thiocarbonyl (C=S) groups is 1. The van der Waals surface area contributed by atoms with E-state index in [1.165, 1.54) is 34.9 Å². The van der Waals surface area contributed by atoms with Gasteiger partial charge in [0.25, 0.3) is 0 Å². The lowest BCUT2D eigenvalue weighted by atomic mass is 9.98. The number of amides is 1. The lowest BCUT2D eigenvalue weighted by molar-refractivity contribution is -0.137.